The largest absolute Gasteiger partial charge is 0.379 e. The Morgan fingerprint density at radius 3 is 1.90 bits per heavy atom. The number of ether oxygens (including phenoxy) is 2. The minimum absolute atomic E-state index is 0.0164. The summed E-state index contributed by atoms with van der Waals surface area (Å²) in [6, 6.07) is 15.5. The van der Waals surface area contributed by atoms with E-state index >= 15 is 0 Å². The second-order valence-electron chi connectivity index (χ2n) is 8.42. The lowest BCUT2D eigenvalue weighted by molar-refractivity contribution is 0.0283. The SMILES string of the molecule is NCC(CCN1CCOCC1)(CCN1CCOCC1)c1cccc2ccccc12. The molecule has 2 aliphatic heterocycles. The van der Waals surface area contributed by atoms with Gasteiger partial charge in [0.15, 0.2) is 0 Å². The molecule has 2 aliphatic rings. The maximum atomic E-state index is 6.58. The summed E-state index contributed by atoms with van der Waals surface area (Å²) in [5.74, 6) is 0. The first-order valence-corrected chi connectivity index (χ1v) is 11.1. The molecule has 2 fully saturated rings. The Labute approximate surface area is 174 Å². The van der Waals surface area contributed by atoms with E-state index in [4.69, 9.17) is 15.2 Å². The summed E-state index contributed by atoms with van der Waals surface area (Å²) in [6.07, 6.45) is 2.17. The van der Waals surface area contributed by atoms with E-state index in [1.807, 2.05) is 0 Å². The molecule has 0 radical (unpaired) electrons. The average molecular weight is 398 g/mol. The predicted octanol–water partition coefficient (Wildman–Crippen LogP) is 2.48. The molecule has 0 amide bonds. The lowest BCUT2D eigenvalue weighted by Gasteiger charge is -2.39. The van der Waals surface area contributed by atoms with E-state index in [0.717, 1.165) is 78.5 Å². The lowest BCUT2D eigenvalue weighted by atomic mass is 9.72. The third-order valence-electron chi connectivity index (χ3n) is 6.77. The Morgan fingerprint density at radius 1 is 0.759 bits per heavy atom. The van der Waals surface area contributed by atoms with Crippen molar-refractivity contribution >= 4 is 10.8 Å². The third-order valence-corrected chi connectivity index (χ3v) is 6.77. The molecule has 5 nitrogen and oxygen atoms in total. The second kappa shape index (κ2) is 10.0. The highest BCUT2D eigenvalue weighted by atomic mass is 16.5. The van der Waals surface area contributed by atoms with Gasteiger partial charge < -0.3 is 15.2 Å². The first-order valence-electron chi connectivity index (χ1n) is 11.1. The van der Waals surface area contributed by atoms with Gasteiger partial charge >= 0.3 is 0 Å². The fraction of sp³-hybridized carbons (Fsp3) is 0.583. The van der Waals surface area contributed by atoms with Gasteiger partial charge in [-0.1, -0.05) is 42.5 Å². The van der Waals surface area contributed by atoms with Gasteiger partial charge in [-0.15, -0.1) is 0 Å². The number of benzene rings is 2. The van der Waals surface area contributed by atoms with Crippen LogP contribution in [0.4, 0.5) is 0 Å². The number of hydrogen-bond donors (Lipinski definition) is 1. The maximum Gasteiger partial charge on any atom is 0.0594 e. The number of nitrogens with zero attached hydrogens (tertiary/aromatic N) is 2. The Bertz CT molecular complexity index is 742. The van der Waals surface area contributed by atoms with Gasteiger partial charge in [0.05, 0.1) is 26.4 Å². The predicted molar refractivity (Wildman–Crippen MR) is 118 cm³/mol. The zero-order chi connectivity index (χ0) is 19.9. The molecule has 4 rings (SSSR count). The van der Waals surface area contributed by atoms with Crippen molar-refractivity contribution in [1.29, 1.82) is 0 Å². The van der Waals surface area contributed by atoms with Crippen molar-refractivity contribution in [3.8, 4) is 0 Å². The van der Waals surface area contributed by atoms with Crippen molar-refractivity contribution < 1.29 is 9.47 Å². The van der Waals surface area contributed by atoms with Crippen LogP contribution in [-0.4, -0.2) is 82.0 Å². The van der Waals surface area contributed by atoms with Crippen molar-refractivity contribution in [2.24, 2.45) is 5.73 Å². The molecule has 2 heterocycles. The van der Waals surface area contributed by atoms with Crippen LogP contribution >= 0.6 is 0 Å². The van der Waals surface area contributed by atoms with Crippen LogP contribution < -0.4 is 5.73 Å². The number of morpholine rings is 2. The molecule has 158 valence electrons. The van der Waals surface area contributed by atoms with Gasteiger partial charge in [-0.2, -0.15) is 0 Å². The topological polar surface area (TPSA) is 51.0 Å². The fourth-order valence-electron chi connectivity index (χ4n) is 4.79. The van der Waals surface area contributed by atoms with Crippen LogP contribution in [0.5, 0.6) is 0 Å². The second-order valence-corrected chi connectivity index (χ2v) is 8.42. The summed E-state index contributed by atoms with van der Waals surface area (Å²) in [7, 11) is 0. The van der Waals surface area contributed by atoms with Gasteiger partial charge in [-0.3, -0.25) is 9.80 Å². The van der Waals surface area contributed by atoms with Crippen LogP contribution in [-0.2, 0) is 14.9 Å². The first kappa shape index (κ1) is 20.8. The van der Waals surface area contributed by atoms with E-state index in [9.17, 15) is 0 Å². The number of nitrogens with two attached hydrogens (primary N) is 1. The highest BCUT2D eigenvalue weighted by Crippen LogP contribution is 2.36. The molecule has 2 N–H and O–H groups in total. The normalized spacial score (nSPS) is 19.6. The zero-order valence-corrected chi connectivity index (χ0v) is 17.5. The Hall–Kier alpha value is -1.50. The monoisotopic (exact) mass is 397 g/mol. The molecule has 5 heteroatoms. The number of hydrogen-bond acceptors (Lipinski definition) is 5. The quantitative estimate of drug-likeness (QED) is 0.742. The maximum absolute atomic E-state index is 6.58. The lowest BCUT2D eigenvalue weighted by Crippen LogP contribution is -2.45. The smallest absolute Gasteiger partial charge is 0.0594 e. The van der Waals surface area contributed by atoms with Gasteiger partial charge in [0.1, 0.15) is 0 Å². The van der Waals surface area contributed by atoms with Crippen molar-refractivity contribution in [2.45, 2.75) is 18.3 Å². The first-order chi connectivity index (χ1) is 14.3. The molecule has 2 aromatic rings. The molecule has 0 atom stereocenters. The van der Waals surface area contributed by atoms with Crippen LogP contribution in [0.2, 0.25) is 0 Å². The summed E-state index contributed by atoms with van der Waals surface area (Å²) >= 11 is 0. The van der Waals surface area contributed by atoms with E-state index in [1.54, 1.807) is 0 Å². The van der Waals surface area contributed by atoms with Crippen LogP contribution in [0.25, 0.3) is 10.8 Å². The molecule has 0 unspecified atom stereocenters. The standard InChI is InChI=1S/C24H35N3O2/c25-20-24(8-10-26-12-16-28-17-13-26,9-11-27-14-18-29-19-15-27)23-7-3-5-21-4-1-2-6-22(21)23/h1-7H,8-20,25H2. The molecule has 0 aliphatic carbocycles. The highest BCUT2D eigenvalue weighted by Gasteiger charge is 2.33. The molecule has 0 bridgehead atoms. The van der Waals surface area contributed by atoms with Gasteiger partial charge in [-0.25, -0.2) is 0 Å². The molecule has 0 spiro atoms. The summed E-state index contributed by atoms with van der Waals surface area (Å²) < 4.78 is 11.1. The molecule has 2 aromatic carbocycles. The summed E-state index contributed by atoms with van der Waals surface area (Å²) in [5.41, 5.74) is 7.98. The van der Waals surface area contributed by atoms with E-state index in [2.05, 4.69) is 52.3 Å². The van der Waals surface area contributed by atoms with Crippen LogP contribution in [0, 0.1) is 0 Å². The number of fused-ring (bicyclic) bond motifs is 1. The Balaban J connectivity index is 1.60. The Morgan fingerprint density at radius 2 is 1.31 bits per heavy atom. The van der Waals surface area contributed by atoms with Gasteiger partial charge in [0.2, 0.25) is 0 Å². The van der Waals surface area contributed by atoms with Crippen molar-refractivity contribution in [1.82, 2.24) is 9.80 Å². The molecule has 0 aromatic heterocycles. The van der Waals surface area contributed by atoms with Gasteiger partial charge in [0.25, 0.3) is 0 Å². The van der Waals surface area contributed by atoms with E-state index in [1.165, 1.54) is 16.3 Å². The van der Waals surface area contributed by atoms with E-state index < -0.39 is 0 Å². The number of rotatable bonds is 8. The molecular formula is C24H35N3O2. The minimum Gasteiger partial charge on any atom is -0.379 e. The minimum atomic E-state index is -0.0164. The zero-order valence-electron chi connectivity index (χ0n) is 17.5. The molecule has 2 saturated heterocycles. The van der Waals surface area contributed by atoms with Crippen LogP contribution in [0.1, 0.15) is 18.4 Å². The third kappa shape index (κ3) is 4.98. The molecule has 0 saturated carbocycles. The molecule has 29 heavy (non-hydrogen) atoms. The van der Waals surface area contributed by atoms with E-state index in [0.29, 0.717) is 6.54 Å². The van der Waals surface area contributed by atoms with E-state index in [-0.39, 0.29) is 5.41 Å². The van der Waals surface area contributed by atoms with Crippen molar-refractivity contribution in [3.05, 3.63) is 48.0 Å². The Kier molecular flexibility index (Phi) is 7.16. The summed E-state index contributed by atoms with van der Waals surface area (Å²) in [4.78, 5) is 5.07. The van der Waals surface area contributed by atoms with Crippen molar-refractivity contribution in [3.63, 3.8) is 0 Å². The summed E-state index contributed by atoms with van der Waals surface area (Å²) in [5, 5.41) is 2.66. The van der Waals surface area contributed by atoms with Crippen LogP contribution in [0.15, 0.2) is 42.5 Å². The van der Waals surface area contributed by atoms with Gasteiger partial charge in [0, 0.05) is 38.1 Å². The van der Waals surface area contributed by atoms with Gasteiger partial charge in [-0.05, 0) is 42.3 Å². The average Bonchev–Trinajstić information content (AvgIpc) is 2.81. The summed E-state index contributed by atoms with van der Waals surface area (Å²) in [6.45, 7) is 10.3. The highest BCUT2D eigenvalue weighted by molar-refractivity contribution is 5.86. The molecular weight excluding hydrogens is 362 g/mol. The fourth-order valence-corrected chi connectivity index (χ4v) is 4.79. The van der Waals surface area contributed by atoms with Crippen LogP contribution in [0.3, 0.4) is 0 Å². The van der Waals surface area contributed by atoms with Crippen molar-refractivity contribution in [2.75, 3.05) is 72.2 Å².